The van der Waals surface area contributed by atoms with Crippen molar-refractivity contribution in [1.29, 1.82) is 0 Å². The molecule has 0 aromatic carbocycles. The molecular weight excluding hydrogens is 242 g/mol. The van der Waals surface area contributed by atoms with Gasteiger partial charge in [0.25, 0.3) is 0 Å². The minimum atomic E-state index is 0.715. The van der Waals surface area contributed by atoms with Crippen LogP contribution in [0.4, 0.5) is 5.13 Å². The first-order chi connectivity index (χ1) is 8.72. The number of nitrogens with one attached hydrogen (secondary N) is 1. The van der Waals surface area contributed by atoms with Crippen molar-refractivity contribution in [2.45, 2.75) is 58.5 Å². The lowest BCUT2D eigenvalue weighted by molar-refractivity contribution is 0.651. The molecule has 0 radical (unpaired) electrons. The van der Waals surface area contributed by atoms with Crippen molar-refractivity contribution in [3.8, 4) is 0 Å². The van der Waals surface area contributed by atoms with Gasteiger partial charge in [-0.25, -0.2) is 4.98 Å². The van der Waals surface area contributed by atoms with Crippen LogP contribution in [0.2, 0.25) is 0 Å². The summed E-state index contributed by atoms with van der Waals surface area (Å²) in [5.74, 6) is 0. The van der Waals surface area contributed by atoms with E-state index in [-0.39, 0.29) is 0 Å². The Labute approximate surface area is 115 Å². The molecule has 0 aliphatic heterocycles. The summed E-state index contributed by atoms with van der Waals surface area (Å²) in [5, 5.41) is 4.67. The van der Waals surface area contributed by atoms with E-state index in [9.17, 15) is 0 Å². The first-order valence-corrected chi connectivity index (χ1v) is 7.94. The van der Waals surface area contributed by atoms with Crippen LogP contribution in [0, 0.1) is 6.92 Å². The fraction of sp³-hybridized carbons (Fsp3) is 0.786. The molecule has 1 aromatic rings. The van der Waals surface area contributed by atoms with Gasteiger partial charge in [-0.15, -0.1) is 11.3 Å². The molecule has 0 spiro atoms. The third kappa shape index (κ3) is 3.23. The van der Waals surface area contributed by atoms with Crippen molar-refractivity contribution in [2.24, 2.45) is 0 Å². The molecule has 0 bridgehead atoms. The van der Waals surface area contributed by atoms with E-state index in [1.807, 2.05) is 11.3 Å². The summed E-state index contributed by atoms with van der Waals surface area (Å²) >= 11 is 1.86. The second-order valence-electron chi connectivity index (χ2n) is 5.23. The van der Waals surface area contributed by atoms with Gasteiger partial charge in [-0.1, -0.05) is 19.8 Å². The van der Waals surface area contributed by atoms with Crippen LogP contribution in [0.1, 0.15) is 49.6 Å². The van der Waals surface area contributed by atoms with E-state index < -0.39 is 0 Å². The van der Waals surface area contributed by atoms with Crippen molar-refractivity contribution in [1.82, 2.24) is 10.3 Å². The molecule has 2 rings (SSSR count). The van der Waals surface area contributed by atoms with Crippen molar-refractivity contribution in [3.05, 3.63) is 10.6 Å². The zero-order chi connectivity index (χ0) is 13.0. The zero-order valence-corrected chi connectivity index (χ0v) is 12.6. The highest BCUT2D eigenvalue weighted by Crippen LogP contribution is 2.31. The van der Waals surface area contributed by atoms with Gasteiger partial charge >= 0.3 is 0 Å². The van der Waals surface area contributed by atoms with E-state index in [1.54, 1.807) is 0 Å². The molecule has 1 fully saturated rings. The summed E-state index contributed by atoms with van der Waals surface area (Å²) in [6, 6.07) is 0.715. The van der Waals surface area contributed by atoms with Gasteiger partial charge in [0.2, 0.25) is 0 Å². The standard InChI is InChI=1S/C14H25N3S/c1-4-9-15-10-13-11(2)16-14(18-13)17(3)12-7-5-6-8-12/h12,15H,4-10H2,1-3H3. The molecule has 1 N–H and O–H groups in total. The summed E-state index contributed by atoms with van der Waals surface area (Å²) < 4.78 is 0. The number of rotatable bonds is 6. The molecule has 0 unspecified atom stereocenters. The van der Waals surface area contributed by atoms with Crippen LogP contribution in [-0.4, -0.2) is 24.6 Å². The minimum Gasteiger partial charge on any atom is -0.348 e. The molecule has 1 saturated carbocycles. The molecule has 18 heavy (non-hydrogen) atoms. The second kappa shape index (κ2) is 6.53. The average molecular weight is 267 g/mol. The second-order valence-corrected chi connectivity index (χ2v) is 6.29. The Balaban J connectivity index is 1.98. The van der Waals surface area contributed by atoms with E-state index in [0.717, 1.165) is 13.1 Å². The number of aryl methyl sites for hydroxylation is 1. The third-order valence-corrected chi connectivity index (χ3v) is 5.02. The van der Waals surface area contributed by atoms with Crippen molar-refractivity contribution in [2.75, 3.05) is 18.5 Å². The van der Waals surface area contributed by atoms with Gasteiger partial charge < -0.3 is 10.2 Å². The van der Waals surface area contributed by atoms with E-state index in [2.05, 4.69) is 31.1 Å². The van der Waals surface area contributed by atoms with Crippen LogP contribution in [-0.2, 0) is 6.54 Å². The number of nitrogens with zero attached hydrogens (tertiary/aromatic N) is 2. The lowest BCUT2D eigenvalue weighted by Gasteiger charge is -2.23. The Morgan fingerprint density at radius 1 is 1.39 bits per heavy atom. The van der Waals surface area contributed by atoms with E-state index in [4.69, 9.17) is 4.98 Å². The maximum absolute atomic E-state index is 4.74. The predicted octanol–water partition coefficient (Wildman–Crippen LogP) is 3.33. The molecule has 3 nitrogen and oxygen atoms in total. The maximum Gasteiger partial charge on any atom is 0.185 e. The highest BCUT2D eigenvalue weighted by atomic mass is 32.1. The smallest absolute Gasteiger partial charge is 0.185 e. The maximum atomic E-state index is 4.74. The first kappa shape index (κ1) is 13.8. The molecule has 0 saturated heterocycles. The van der Waals surface area contributed by atoms with Gasteiger partial charge in [0.05, 0.1) is 5.69 Å². The molecule has 102 valence electrons. The summed E-state index contributed by atoms with van der Waals surface area (Å²) in [6.07, 6.45) is 6.61. The van der Waals surface area contributed by atoms with Crippen LogP contribution in [0.5, 0.6) is 0 Å². The van der Waals surface area contributed by atoms with Crippen LogP contribution in [0.3, 0.4) is 0 Å². The van der Waals surface area contributed by atoms with E-state index in [0.29, 0.717) is 6.04 Å². The summed E-state index contributed by atoms with van der Waals surface area (Å²) in [5.41, 5.74) is 1.20. The Morgan fingerprint density at radius 3 is 2.78 bits per heavy atom. The van der Waals surface area contributed by atoms with Crippen LogP contribution < -0.4 is 10.2 Å². The molecule has 1 aromatic heterocycles. The van der Waals surface area contributed by atoms with Crippen molar-refractivity contribution < 1.29 is 0 Å². The monoisotopic (exact) mass is 267 g/mol. The Hall–Kier alpha value is -0.610. The van der Waals surface area contributed by atoms with Gasteiger partial charge in [-0.3, -0.25) is 0 Å². The Morgan fingerprint density at radius 2 is 2.11 bits per heavy atom. The quantitative estimate of drug-likeness (QED) is 0.801. The summed E-state index contributed by atoms with van der Waals surface area (Å²) in [6.45, 7) is 6.39. The number of thiazole rings is 1. The fourth-order valence-electron chi connectivity index (χ4n) is 2.55. The highest BCUT2D eigenvalue weighted by Gasteiger charge is 2.22. The van der Waals surface area contributed by atoms with Gasteiger partial charge in [0, 0.05) is 24.5 Å². The number of anilines is 1. The molecule has 1 heterocycles. The molecule has 1 aliphatic carbocycles. The summed E-state index contributed by atoms with van der Waals surface area (Å²) in [4.78, 5) is 8.53. The largest absolute Gasteiger partial charge is 0.348 e. The molecule has 1 aliphatic rings. The molecule has 4 heteroatoms. The van der Waals surface area contributed by atoms with Crippen LogP contribution >= 0.6 is 11.3 Å². The van der Waals surface area contributed by atoms with Crippen molar-refractivity contribution in [3.63, 3.8) is 0 Å². The van der Waals surface area contributed by atoms with Gasteiger partial charge in [-0.2, -0.15) is 0 Å². The highest BCUT2D eigenvalue weighted by molar-refractivity contribution is 7.15. The SMILES string of the molecule is CCCNCc1sc(N(C)C2CCCC2)nc1C. The summed E-state index contributed by atoms with van der Waals surface area (Å²) in [7, 11) is 2.21. The van der Waals surface area contributed by atoms with Crippen LogP contribution in [0.25, 0.3) is 0 Å². The normalized spacial score (nSPS) is 16.4. The molecule has 0 atom stereocenters. The first-order valence-electron chi connectivity index (χ1n) is 7.12. The van der Waals surface area contributed by atoms with E-state index >= 15 is 0 Å². The minimum absolute atomic E-state index is 0.715. The Kier molecular flexibility index (Phi) is 5.01. The van der Waals surface area contributed by atoms with Crippen LogP contribution in [0.15, 0.2) is 0 Å². The van der Waals surface area contributed by atoms with Gasteiger partial charge in [-0.05, 0) is 32.7 Å². The number of aromatic nitrogens is 1. The number of hydrogen-bond acceptors (Lipinski definition) is 4. The molecule has 0 amide bonds. The van der Waals surface area contributed by atoms with Gasteiger partial charge in [0.1, 0.15) is 0 Å². The fourth-order valence-corrected chi connectivity index (χ4v) is 3.62. The van der Waals surface area contributed by atoms with Crippen molar-refractivity contribution >= 4 is 16.5 Å². The molecular formula is C14H25N3S. The topological polar surface area (TPSA) is 28.2 Å². The predicted molar refractivity (Wildman–Crippen MR) is 79.5 cm³/mol. The average Bonchev–Trinajstić information content (AvgIpc) is 2.99. The van der Waals surface area contributed by atoms with Gasteiger partial charge in [0.15, 0.2) is 5.13 Å². The zero-order valence-electron chi connectivity index (χ0n) is 11.8. The third-order valence-electron chi connectivity index (χ3n) is 3.77. The lowest BCUT2D eigenvalue weighted by Crippen LogP contribution is -2.28. The number of hydrogen-bond donors (Lipinski definition) is 1. The Bertz CT molecular complexity index is 369. The van der Waals surface area contributed by atoms with E-state index in [1.165, 1.54) is 47.8 Å². The lowest BCUT2D eigenvalue weighted by atomic mass is 10.2.